The van der Waals surface area contributed by atoms with Crippen molar-refractivity contribution in [2.24, 2.45) is 0 Å². The van der Waals surface area contributed by atoms with Gasteiger partial charge in [-0.3, -0.25) is 14.6 Å². The number of amides is 1. The highest BCUT2D eigenvalue weighted by molar-refractivity contribution is 7.18. The number of unbranched alkanes of at least 4 members (excludes halogenated alkanes) is 1. The maximum Gasteiger partial charge on any atom is 0.226 e. The Hall–Kier alpha value is -1.86. The van der Waals surface area contributed by atoms with Gasteiger partial charge >= 0.3 is 0 Å². The third-order valence-electron chi connectivity index (χ3n) is 2.63. The Balaban J connectivity index is 1.82. The zero-order valence-electron chi connectivity index (χ0n) is 11.1. The minimum absolute atomic E-state index is 0.144. The first-order chi connectivity index (χ1) is 10.1. The number of carbonyl (C=O) groups is 2. The summed E-state index contributed by atoms with van der Waals surface area (Å²) in [4.78, 5) is 26.2. The summed E-state index contributed by atoms with van der Waals surface area (Å²) in [5, 5.41) is 11.5. The van der Waals surface area contributed by atoms with Gasteiger partial charge in [0.1, 0.15) is 5.01 Å². The Morgan fingerprint density at radius 1 is 1.14 bits per heavy atom. The van der Waals surface area contributed by atoms with E-state index in [0.29, 0.717) is 30.8 Å². The lowest BCUT2D eigenvalue weighted by Crippen LogP contribution is -2.10. The first kappa shape index (κ1) is 15.5. The first-order valence-corrected chi connectivity index (χ1v) is 7.56. The smallest absolute Gasteiger partial charge is 0.226 e. The van der Waals surface area contributed by atoms with Crippen LogP contribution in [0, 0.1) is 0 Å². The van der Waals surface area contributed by atoms with Crippen LogP contribution < -0.4 is 5.32 Å². The molecular weight excluding hydrogens is 312 g/mol. The SMILES string of the molecule is O=C(Cl)CCCCC(=O)Nc1nnc(-c2ccncc2)s1. The molecule has 0 aliphatic heterocycles. The molecule has 2 aromatic rings. The predicted molar refractivity (Wildman–Crippen MR) is 81.1 cm³/mol. The van der Waals surface area contributed by atoms with Crippen LogP contribution in [-0.4, -0.2) is 26.3 Å². The lowest BCUT2D eigenvalue weighted by Gasteiger charge is -1.99. The van der Waals surface area contributed by atoms with E-state index in [4.69, 9.17) is 11.6 Å². The fourth-order valence-corrected chi connectivity index (χ4v) is 2.52. The van der Waals surface area contributed by atoms with Crippen molar-refractivity contribution in [2.45, 2.75) is 25.7 Å². The van der Waals surface area contributed by atoms with Gasteiger partial charge in [0.15, 0.2) is 0 Å². The molecule has 0 atom stereocenters. The number of rotatable bonds is 7. The van der Waals surface area contributed by atoms with Gasteiger partial charge in [-0.25, -0.2) is 0 Å². The van der Waals surface area contributed by atoms with Crippen LogP contribution in [0.15, 0.2) is 24.5 Å². The molecule has 2 aromatic heterocycles. The second-order valence-electron chi connectivity index (χ2n) is 4.26. The van der Waals surface area contributed by atoms with Crippen LogP contribution in [0.5, 0.6) is 0 Å². The summed E-state index contributed by atoms with van der Waals surface area (Å²) in [6.45, 7) is 0. The van der Waals surface area contributed by atoms with Crippen LogP contribution in [-0.2, 0) is 9.59 Å². The van der Waals surface area contributed by atoms with Gasteiger partial charge in [-0.1, -0.05) is 11.3 Å². The molecule has 0 bridgehead atoms. The van der Waals surface area contributed by atoms with Crippen molar-refractivity contribution in [3.05, 3.63) is 24.5 Å². The predicted octanol–water partition coefficient (Wildman–Crippen LogP) is 2.86. The summed E-state index contributed by atoms with van der Waals surface area (Å²) >= 11 is 6.52. The van der Waals surface area contributed by atoms with Crippen molar-refractivity contribution in [1.29, 1.82) is 0 Å². The van der Waals surface area contributed by atoms with Gasteiger partial charge in [-0.2, -0.15) is 0 Å². The van der Waals surface area contributed by atoms with Gasteiger partial charge in [0.25, 0.3) is 0 Å². The zero-order chi connectivity index (χ0) is 15.1. The van der Waals surface area contributed by atoms with Crippen LogP contribution in [0.1, 0.15) is 25.7 Å². The Labute approximate surface area is 130 Å². The number of hydrogen-bond donors (Lipinski definition) is 1. The number of pyridine rings is 1. The monoisotopic (exact) mass is 324 g/mol. The van der Waals surface area contributed by atoms with E-state index < -0.39 is 0 Å². The van der Waals surface area contributed by atoms with Crippen molar-refractivity contribution in [2.75, 3.05) is 5.32 Å². The molecule has 0 radical (unpaired) electrons. The first-order valence-electron chi connectivity index (χ1n) is 6.37. The molecule has 0 saturated carbocycles. The molecule has 0 aliphatic rings. The molecule has 1 amide bonds. The van der Waals surface area contributed by atoms with Crippen molar-refractivity contribution in [3.63, 3.8) is 0 Å². The summed E-state index contributed by atoms with van der Waals surface area (Å²) in [6, 6.07) is 3.66. The summed E-state index contributed by atoms with van der Waals surface area (Å²) in [6.07, 6.45) is 5.18. The molecule has 8 heteroatoms. The molecule has 0 saturated heterocycles. The van der Waals surface area contributed by atoms with Crippen LogP contribution in [0.25, 0.3) is 10.6 Å². The lowest BCUT2D eigenvalue weighted by molar-refractivity contribution is -0.116. The molecule has 6 nitrogen and oxygen atoms in total. The van der Waals surface area contributed by atoms with E-state index in [1.807, 2.05) is 12.1 Å². The molecular formula is C13H13ClN4O2S. The Kier molecular flexibility index (Phi) is 5.77. The molecule has 0 fully saturated rings. The lowest BCUT2D eigenvalue weighted by atomic mass is 10.2. The molecule has 21 heavy (non-hydrogen) atoms. The van der Waals surface area contributed by atoms with Crippen LogP contribution in [0.3, 0.4) is 0 Å². The molecule has 2 heterocycles. The second-order valence-corrected chi connectivity index (χ2v) is 5.66. The highest BCUT2D eigenvalue weighted by atomic mass is 35.5. The summed E-state index contributed by atoms with van der Waals surface area (Å²) in [7, 11) is 0. The van der Waals surface area contributed by atoms with E-state index in [-0.39, 0.29) is 11.1 Å². The number of aromatic nitrogens is 3. The van der Waals surface area contributed by atoms with Crippen molar-refractivity contribution in [1.82, 2.24) is 15.2 Å². The molecule has 2 rings (SSSR count). The fraction of sp³-hybridized carbons (Fsp3) is 0.308. The summed E-state index contributed by atoms with van der Waals surface area (Å²) < 4.78 is 0. The zero-order valence-corrected chi connectivity index (χ0v) is 12.7. The van der Waals surface area contributed by atoms with E-state index >= 15 is 0 Å². The molecule has 1 N–H and O–H groups in total. The Bertz CT molecular complexity index is 618. The number of nitrogens with one attached hydrogen (secondary N) is 1. The highest BCUT2D eigenvalue weighted by Gasteiger charge is 2.09. The molecule has 0 aliphatic carbocycles. The van der Waals surface area contributed by atoms with Gasteiger partial charge in [0.05, 0.1) is 0 Å². The van der Waals surface area contributed by atoms with Gasteiger partial charge in [0.2, 0.25) is 16.3 Å². The molecule has 0 aromatic carbocycles. The largest absolute Gasteiger partial charge is 0.301 e. The second kappa shape index (κ2) is 7.80. The molecule has 0 spiro atoms. The van der Waals surface area contributed by atoms with Gasteiger partial charge in [-0.05, 0) is 36.6 Å². The average Bonchev–Trinajstić information content (AvgIpc) is 2.93. The van der Waals surface area contributed by atoms with Gasteiger partial charge in [-0.15, -0.1) is 10.2 Å². The maximum atomic E-state index is 11.7. The van der Waals surface area contributed by atoms with Gasteiger partial charge in [0, 0.05) is 30.8 Å². The number of anilines is 1. The Morgan fingerprint density at radius 2 is 1.86 bits per heavy atom. The van der Waals surface area contributed by atoms with Gasteiger partial charge < -0.3 is 5.32 Å². The van der Waals surface area contributed by atoms with Crippen molar-refractivity contribution in [3.8, 4) is 10.6 Å². The minimum Gasteiger partial charge on any atom is -0.301 e. The van der Waals surface area contributed by atoms with E-state index in [1.54, 1.807) is 12.4 Å². The van der Waals surface area contributed by atoms with E-state index in [1.165, 1.54) is 11.3 Å². The Morgan fingerprint density at radius 3 is 2.57 bits per heavy atom. The quantitative estimate of drug-likeness (QED) is 0.625. The summed E-state index contributed by atoms with van der Waals surface area (Å²) in [5.74, 6) is -0.144. The molecule has 110 valence electrons. The van der Waals surface area contributed by atoms with E-state index in [0.717, 1.165) is 10.6 Å². The summed E-state index contributed by atoms with van der Waals surface area (Å²) in [5.41, 5.74) is 0.906. The maximum absolute atomic E-state index is 11.7. The van der Waals surface area contributed by atoms with Crippen molar-refractivity contribution < 1.29 is 9.59 Å². The highest BCUT2D eigenvalue weighted by Crippen LogP contribution is 2.25. The minimum atomic E-state index is -0.374. The number of hydrogen-bond acceptors (Lipinski definition) is 6. The molecule has 0 unspecified atom stereocenters. The van der Waals surface area contributed by atoms with E-state index in [9.17, 15) is 9.59 Å². The average molecular weight is 325 g/mol. The normalized spacial score (nSPS) is 10.3. The van der Waals surface area contributed by atoms with Crippen LogP contribution in [0.2, 0.25) is 0 Å². The third-order valence-corrected chi connectivity index (χ3v) is 3.70. The van der Waals surface area contributed by atoms with Crippen LogP contribution in [0.4, 0.5) is 5.13 Å². The third kappa shape index (κ3) is 5.20. The number of halogens is 1. The van der Waals surface area contributed by atoms with E-state index in [2.05, 4.69) is 20.5 Å². The topological polar surface area (TPSA) is 84.8 Å². The number of carbonyl (C=O) groups excluding carboxylic acids is 2. The van der Waals surface area contributed by atoms with Crippen LogP contribution >= 0.6 is 22.9 Å². The standard InChI is InChI=1S/C13H13ClN4O2S/c14-10(19)3-1-2-4-11(20)16-13-18-17-12(21-13)9-5-7-15-8-6-9/h5-8H,1-4H2,(H,16,18,20). The number of nitrogens with zero attached hydrogens (tertiary/aromatic N) is 3. The fourth-order valence-electron chi connectivity index (χ4n) is 1.62. The van der Waals surface area contributed by atoms with Crippen molar-refractivity contribution >= 4 is 39.2 Å².